The van der Waals surface area contributed by atoms with Gasteiger partial charge in [0.25, 0.3) is 0 Å². The highest BCUT2D eigenvalue weighted by Crippen LogP contribution is 2.30. The number of carbonyl (C=O) groups excluding carboxylic acids is 1. The summed E-state index contributed by atoms with van der Waals surface area (Å²) in [5, 5.41) is 16.5. The van der Waals surface area contributed by atoms with E-state index < -0.39 is 10.9 Å². The van der Waals surface area contributed by atoms with Crippen LogP contribution >= 0.6 is 11.3 Å². The Hall–Kier alpha value is -3.46. The van der Waals surface area contributed by atoms with Gasteiger partial charge in [0.15, 0.2) is 0 Å². The third kappa shape index (κ3) is 3.90. The Balaban J connectivity index is 1.52. The molecule has 1 N–H and O–H groups in total. The second-order valence-electron chi connectivity index (χ2n) is 6.55. The summed E-state index contributed by atoms with van der Waals surface area (Å²) >= 11 is 1.81. The normalized spacial score (nSPS) is 12.9. The lowest BCUT2D eigenvalue weighted by molar-refractivity contribution is -0.384. The first-order valence-corrected chi connectivity index (χ1v) is 9.83. The van der Waals surface area contributed by atoms with Crippen LogP contribution in [-0.2, 0) is 17.7 Å². The first kappa shape index (κ1) is 18.9. The van der Waals surface area contributed by atoms with Gasteiger partial charge in [0, 0.05) is 41.6 Å². The summed E-state index contributed by atoms with van der Waals surface area (Å²) in [6, 6.07) is 11.0. The average molecular weight is 410 g/mol. The van der Waals surface area contributed by atoms with Gasteiger partial charge in [-0.25, -0.2) is 9.78 Å². The molecule has 0 atom stereocenters. The lowest BCUT2D eigenvalue weighted by atomic mass is 10.1. The van der Waals surface area contributed by atoms with Crippen molar-refractivity contribution in [3.63, 3.8) is 0 Å². The van der Waals surface area contributed by atoms with E-state index in [4.69, 9.17) is 0 Å². The lowest BCUT2D eigenvalue weighted by Crippen LogP contribution is -2.29. The molecule has 1 aliphatic heterocycles. The largest absolute Gasteiger partial charge is 0.465 e. The molecule has 0 saturated carbocycles. The molecule has 3 aromatic rings. The van der Waals surface area contributed by atoms with Crippen LogP contribution < -0.4 is 10.2 Å². The number of thiophene rings is 1. The zero-order valence-corrected chi connectivity index (χ0v) is 16.4. The van der Waals surface area contributed by atoms with E-state index in [2.05, 4.69) is 31.4 Å². The fourth-order valence-electron chi connectivity index (χ4n) is 3.28. The van der Waals surface area contributed by atoms with Crippen LogP contribution in [0.2, 0.25) is 0 Å². The van der Waals surface area contributed by atoms with Crippen LogP contribution in [-0.4, -0.2) is 29.5 Å². The molecular formula is C20H18N4O4S. The quantitative estimate of drug-likeness (QED) is 0.383. The van der Waals surface area contributed by atoms with Gasteiger partial charge in [0.1, 0.15) is 0 Å². The number of nitrogens with one attached hydrogen (secondary N) is 1. The molecule has 148 valence electrons. The van der Waals surface area contributed by atoms with Crippen molar-refractivity contribution in [1.29, 1.82) is 0 Å². The van der Waals surface area contributed by atoms with Crippen LogP contribution in [0.5, 0.6) is 0 Å². The van der Waals surface area contributed by atoms with Crippen molar-refractivity contribution in [3.05, 3.63) is 74.1 Å². The molecule has 0 spiro atoms. The van der Waals surface area contributed by atoms with Gasteiger partial charge >= 0.3 is 11.7 Å². The number of fused-ring (bicyclic) bond motifs is 1. The summed E-state index contributed by atoms with van der Waals surface area (Å²) in [5.74, 6) is -0.608. The number of hydrogen-bond acceptors (Lipinski definition) is 8. The molecule has 1 aromatic carbocycles. The van der Waals surface area contributed by atoms with Gasteiger partial charge < -0.3 is 15.0 Å². The number of pyridine rings is 1. The molecule has 0 fully saturated rings. The number of ether oxygens (including phenoxy) is 1. The molecule has 8 nitrogen and oxygen atoms in total. The predicted octanol–water partition coefficient (Wildman–Crippen LogP) is 4.14. The number of nitrogens with zero attached hydrogens (tertiary/aromatic N) is 3. The number of anilines is 3. The second kappa shape index (κ2) is 7.88. The number of hydrogen-bond donors (Lipinski definition) is 1. The molecule has 9 heteroatoms. The number of esters is 1. The fraction of sp³-hybridized carbons (Fsp3) is 0.200. The van der Waals surface area contributed by atoms with Gasteiger partial charge in [-0.1, -0.05) is 0 Å². The maximum Gasteiger partial charge on any atom is 0.339 e. The van der Waals surface area contributed by atoms with Crippen LogP contribution in [0.15, 0.2) is 48.0 Å². The minimum Gasteiger partial charge on any atom is -0.465 e. The molecular weight excluding hydrogens is 392 g/mol. The molecule has 1 aliphatic rings. The standard InChI is InChI=1S/C20H18N4O4S/c1-28-20(25)14-10-17(24(26)27)19(21-11-14)22-15-2-4-16(5-3-15)23-8-6-18-13(12-23)7-9-29-18/h2-5,7,9-11H,6,8,12H2,1H3,(H,21,22). The van der Waals surface area contributed by atoms with E-state index in [0.717, 1.165) is 31.3 Å². The topological polar surface area (TPSA) is 97.6 Å². The van der Waals surface area contributed by atoms with Crippen LogP contribution in [0.3, 0.4) is 0 Å². The molecule has 0 amide bonds. The zero-order valence-electron chi connectivity index (χ0n) is 15.6. The predicted molar refractivity (Wildman–Crippen MR) is 111 cm³/mol. The minimum absolute atomic E-state index is 0.0259. The summed E-state index contributed by atoms with van der Waals surface area (Å²) in [5.41, 5.74) is 2.87. The number of rotatable bonds is 5. The number of methoxy groups -OCH3 is 1. The van der Waals surface area contributed by atoms with E-state index >= 15 is 0 Å². The minimum atomic E-state index is -0.674. The van der Waals surface area contributed by atoms with Crippen molar-refractivity contribution >= 4 is 40.2 Å². The van der Waals surface area contributed by atoms with Gasteiger partial charge in [0.05, 0.1) is 17.6 Å². The van der Waals surface area contributed by atoms with Crippen LogP contribution in [0.1, 0.15) is 20.8 Å². The van der Waals surface area contributed by atoms with Gasteiger partial charge in [-0.15, -0.1) is 11.3 Å². The Morgan fingerprint density at radius 3 is 2.83 bits per heavy atom. The van der Waals surface area contributed by atoms with Crippen molar-refractivity contribution in [3.8, 4) is 0 Å². The number of nitro groups is 1. The first-order valence-electron chi connectivity index (χ1n) is 8.95. The van der Waals surface area contributed by atoms with Crippen molar-refractivity contribution < 1.29 is 14.5 Å². The monoisotopic (exact) mass is 410 g/mol. The Bertz CT molecular complexity index is 1060. The molecule has 3 heterocycles. The summed E-state index contributed by atoms with van der Waals surface area (Å²) < 4.78 is 4.59. The third-order valence-electron chi connectivity index (χ3n) is 4.79. The highest BCUT2D eigenvalue weighted by molar-refractivity contribution is 7.10. The molecule has 29 heavy (non-hydrogen) atoms. The van der Waals surface area contributed by atoms with Crippen molar-refractivity contribution in [2.24, 2.45) is 0 Å². The SMILES string of the molecule is COC(=O)c1cnc(Nc2ccc(N3CCc4sccc4C3)cc2)c([N+](=O)[O-])c1. The third-order valence-corrected chi connectivity index (χ3v) is 5.81. The Kier molecular flexibility index (Phi) is 5.13. The summed E-state index contributed by atoms with van der Waals surface area (Å²) in [6.07, 6.45) is 2.29. The van der Waals surface area contributed by atoms with Gasteiger partial charge in [-0.05, 0) is 47.7 Å². The molecule has 0 unspecified atom stereocenters. The summed E-state index contributed by atoms with van der Waals surface area (Å²) in [6.45, 7) is 1.84. The van der Waals surface area contributed by atoms with E-state index in [1.54, 1.807) is 11.3 Å². The van der Waals surface area contributed by atoms with Crippen molar-refractivity contribution in [1.82, 2.24) is 4.98 Å². The molecule has 2 aromatic heterocycles. The van der Waals surface area contributed by atoms with Gasteiger partial charge in [0.2, 0.25) is 5.82 Å². The van der Waals surface area contributed by atoms with E-state index in [9.17, 15) is 14.9 Å². The van der Waals surface area contributed by atoms with Crippen molar-refractivity contribution in [2.75, 3.05) is 23.9 Å². The van der Waals surface area contributed by atoms with Crippen molar-refractivity contribution in [2.45, 2.75) is 13.0 Å². The molecule has 4 rings (SSSR count). The van der Waals surface area contributed by atoms with Crippen LogP contribution in [0, 0.1) is 10.1 Å². The zero-order chi connectivity index (χ0) is 20.4. The number of benzene rings is 1. The Morgan fingerprint density at radius 2 is 2.10 bits per heavy atom. The first-order chi connectivity index (χ1) is 14.0. The van der Waals surface area contributed by atoms with E-state index in [0.29, 0.717) is 5.69 Å². The van der Waals surface area contributed by atoms with Crippen LogP contribution in [0.4, 0.5) is 22.9 Å². The average Bonchev–Trinajstić information content (AvgIpc) is 3.21. The molecule has 0 aliphatic carbocycles. The number of carbonyl (C=O) groups is 1. The summed E-state index contributed by atoms with van der Waals surface area (Å²) in [4.78, 5) is 30.2. The van der Waals surface area contributed by atoms with E-state index in [-0.39, 0.29) is 17.1 Å². The van der Waals surface area contributed by atoms with E-state index in [1.807, 2.05) is 24.3 Å². The van der Waals surface area contributed by atoms with Gasteiger partial charge in [-0.2, -0.15) is 0 Å². The highest BCUT2D eigenvalue weighted by atomic mass is 32.1. The molecule has 0 saturated heterocycles. The smallest absolute Gasteiger partial charge is 0.339 e. The Labute approximate surface area is 170 Å². The second-order valence-corrected chi connectivity index (χ2v) is 7.55. The maximum atomic E-state index is 11.6. The fourth-order valence-corrected chi connectivity index (χ4v) is 4.17. The molecule has 0 radical (unpaired) electrons. The van der Waals surface area contributed by atoms with Gasteiger partial charge in [-0.3, -0.25) is 10.1 Å². The Morgan fingerprint density at radius 1 is 1.31 bits per heavy atom. The summed E-state index contributed by atoms with van der Waals surface area (Å²) in [7, 11) is 1.21. The maximum absolute atomic E-state index is 11.6. The lowest BCUT2D eigenvalue weighted by Gasteiger charge is -2.29. The van der Waals surface area contributed by atoms with Crippen LogP contribution in [0.25, 0.3) is 0 Å². The van der Waals surface area contributed by atoms with E-state index in [1.165, 1.54) is 23.7 Å². The highest BCUT2D eigenvalue weighted by Gasteiger charge is 2.20. The molecule has 0 bridgehead atoms. The number of aromatic nitrogens is 1.